The first-order valence-electron chi connectivity index (χ1n) is 5.30. The second kappa shape index (κ2) is 5.82. The minimum Gasteiger partial charge on any atom is -0.456 e. The molecule has 0 saturated carbocycles. The molecule has 0 amide bonds. The Bertz CT molecular complexity index is 449. The first-order chi connectivity index (χ1) is 8.29. The Morgan fingerprint density at radius 1 is 1.59 bits per heavy atom. The summed E-state index contributed by atoms with van der Waals surface area (Å²) in [5, 5.41) is 1.87. The van der Waals surface area contributed by atoms with Crippen LogP contribution in [0.2, 0.25) is 0 Å². The Hall–Kier alpha value is -1.35. The summed E-state index contributed by atoms with van der Waals surface area (Å²) in [5.74, 6) is 4.66. The molecule has 0 unspecified atom stereocenters. The topological polar surface area (TPSA) is 44.8 Å². The molecule has 2 heterocycles. The standard InChI is InChI=1S/C12H12O4S/c1-2-14-11(13)4-3-9-7-10(17-8-9)12-15-5-6-16-12/h7-8,12H,2,5-6H2,1H3. The zero-order chi connectivity index (χ0) is 12.1. The molecule has 5 heteroatoms. The third-order valence-electron chi connectivity index (χ3n) is 2.06. The summed E-state index contributed by atoms with van der Waals surface area (Å²) < 4.78 is 15.4. The molecule has 0 bridgehead atoms. The Balaban J connectivity index is 2.00. The second-order valence-electron chi connectivity index (χ2n) is 3.28. The van der Waals surface area contributed by atoms with Gasteiger partial charge in [0.05, 0.1) is 24.7 Å². The molecule has 2 rings (SSSR count). The molecular formula is C12H12O4S. The predicted molar refractivity (Wildman–Crippen MR) is 62.5 cm³/mol. The average molecular weight is 252 g/mol. The summed E-state index contributed by atoms with van der Waals surface area (Å²) >= 11 is 1.51. The van der Waals surface area contributed by atoms with Crippen LogP contribution >= 0.6 is 11.3 Å². The van der Waals surface area contributed by atoms with E-state index < -0.39 is 5.97 Å². The molecule has 4 nitrogen and oxygen atoms in total. The summed E-state index contributed by atoms with van der Waals surface area (Å²) in [6, 6.07) is 1.87. The van der Waals surface area contributed by atoms with Gasteiger partial charge in [-0.2, -0.15) is 0 Å². The third-order valence-corrected chi connectivity index (χ3v) is 3.01. The van der Waals surface area contributed by atoms with Gasteiger partial charge >= 0.3 is 5.97 Å². The van der Waals surface area contributed by atoms with Gasteiger partial charge in [-0.3, -0.25) is 0 Å². The van der Waals surface area contributed by atoms with Crippen LogP contribution in [0.15, 0.2) is 11.4 Å². The van der Waals surface area contributed by atoms with E-state index in [4.69, 9.17) is 14.2 Å². The minimum atomic E-state index is -0.506. The van der Waals surface area contributed by atoms with E-state index >= 15 is 0 Å². The number of carbonyl (C=O) groups is 1. The highest BCUT2D eigenvalue weighted by molar-refractivity contribution is 7.10. The van der Waals surface area contributed by atoms with Gasteiger partial charge in [-0.1, -0.05) is 5.92 Å². The molecule has 1 aliphatic heterocycles. The van der Waals surface area contributed by atoms with Crippen LogP contribution in [-0.2, 0) is 19.0 Å². The van der Waals surface area contributed by atoms with Crippen molar-refractivity contribution < 1.29 is 19.0 Å². The van der Waals surface area contributed by atoms with Gasteiger partial charge in [-0.25, -0.2) is 4.79 Å². The number of ether oxygens (including phenoxy) is 3. The van der Waals surface area contributed by atoms with Crippen LogP contribution in [0.4, 0.5) is 0 Å². The zero-order valence-corrected chi connectivity index (χ0v) is 10.2. The second-order valence-corrected chi connectivity index (χ2v) is 4.22. The summed E-state index contributed by atoms with van der Waals surface area (Å²) in [4.78, 5) is 12.0. The number of esters is 1. The van der Waals surface area contributed by atoms with Crippen molar-refractivity contribution in [2.75, 3.05) is 19.8 Å². The number of carbonyl (C=O) groups excluding carboxylic acids is 1. The molecule has 90 valence electrons. The quantitative estimate of drug-likeness (QED) is 0.593. The molecule has 0 spiro atoms. The van der Waals surface area contributed by atoms with Gasteiger partial charge in [0.25, 0.3) is 0 Å². The highest BCUT2D eigenvalue weighted by Gasteiger charge is 2.19. The molecule has 0 atom stereocenters. The van der Waals surface area contributed by atoms with Gasteiger partial charge in [-0.05, 0) is 13.0 Å². The van der Waals surface area contributed by atoms with E-state index in [1.165, 1.54) is 11.3 Å². The van der Waals surface area contributed by atoms with Crippen LogP contribution in [0.25, 0.3) is 0 Å². The molecule has 1 aromatic rings. The molecule has 0 aromatic carbocycles. The largest absolute Gasteiger partial charge is 0.456 e. The van der Waals surface area contributed by atoms with Gasteiger partial charge in [0, 0.05) is 16.9 Å². The molecule has 0 radical (unpaired) electrons. The summed E-state index contributed by atoms with van der Waals surface area (Å²) in [6.45, 7) is 3.32. The van der Waals surface area contributed by atoms with Crippen molar-refractivity contribution in [1.29, 1.82) is 0 Å². The van der Waals surface area contributed by atoms with Crippen molar-refractivity contribution in [1.82, 2.24) is 0 Å². The summed E-state index contributed by atoms with van der Waals surface area (Å²) in [7, 11) is 0. The van der Waals surface area contributed by atoms with Gasteiger partial charge in [-0.15, -0.1) is 11.3 Å². The van der Waals surface area contributed by atoms with Crippen molar-refractivity contribution in [2.45, 2.75) is 13.2 Å². The smallest absolute Gasteiger partial charge is 0.384 e. The Kier molecular flexibility index (Phi) is 4.15. The zero-order valence-electron chi connectivity index (χ0n) is 9.39. The van der Waals surface area contributed by atoms with Crippen LogP contribution < -0.4 is 0 Å². The fraction of sp³-hybridized carbons (Fsp3) is 0.417. The van der Waals surface area contributed by atoms with E-state index in [0.717, 1.165) is 10.4 Å². The third kappa shape index (κ3) is 3.30. The van der Waals surface area contributed by atoms with E-state index in [1.54, 1.807) is 6.92 Å². The van der Waals surface area contributed by atoms with E-state index in [0.29, 0.717) is 19.8 Å². The lowest BCUT2D eigenvalue weighted by Crippen LogP contribution is -1.99. The Morgan fingerprint density at radius 2 is 2.35 bits per heavy atom. The monoisotopic (exact) mass is 252 g/mol. The van der Waals surface area contributed by atoms with Gasteiger partial charge in [0.1, 0.15) is 0 Å². The van der Waals surface area contributed by atoms with Crippen molar-refractivity contribution in [2.24, 2.45) is 0 Å². The number of rotatable bonds is 2. The molecule has 1 aliphatic rings. The molecule has 17 heavy (non-hydrogen) atoms. The maximum atomic E-state index is 11.0. The lowest BCUT2D eigenvalue weighted by Gasteiger charge is -2.03. The molecule has 0 N–H and O–H groups in total. The molecule has 1 aromatic heterocycles. The lowest BCUT2D eigenvalue weighted by atomic mass is 10.3. The number of hydrogen-bond donors (Lipinski definition) is 0. The van der Waals surface area contributed by atoms with E-state index in [1.807, 2.05) is 11.4 Å². The summed E-state index contributed by atoms with van der Waals surface area (Å²) in [5.41, 5.74) is 0.775. The SMILES string of the molecule is CCOC(=O)C#Cc1csc(C2OCCO2)c1. The van der Waals surface area contributed by atoms with Crippen LogP contribution in [0.1, 0.15) is 23.7 Å². The highest BCUT2D eigenvalue weighted by atomic mass is 32.1. The van der Waals surface area contributed by atoms with E-state index in [2.05, 4.69) is 11.8 Å². The van der Waals surface area contributed by atoms with E-state index in [-0.39, 0.29) is 6.29 Å². The molecular weight excluding hydrogens is 240 g/mol. The normalized spacial score (nSPS) is 15.4. The highest BCUT2D eigenvalue weighted by Crippen LogP contribution is 2.28. The lowest BCUT2D eigenvalue weighted by molar-refractivity contribution is -0.136. The van der Waals surface area contributed by atoms with Crippen molar-refractivity contribution in [3.8, 4) is 11.8 Å². The van der Waals surface area contributed by atoms with Crippen molar-refractivity contribution >= 4 is 17.3 Å². The Morgan fingerprint density at radius 3 is 3.06 bits per heavy atom. The Labute approximate surface area is 103 Å². The maximum absolute atomic E-state index is 11.0. The van der Waals surface area contributed by atoms with Crippen molar-refractivity contribution in [3.05, 3.63) is 21.9 Å². The fourth-order valence-corrected chi connectivity index (χ4v) is 2.19. The molecule has 1 saturated heterocycles. The van der Waals surface area contributed by atoms with E-state index in [9.17, 15) is 4.79 Å². The van der Waals surface area contributed by atoms with Crippen LogP contribution in [0.3, 0.4) is 0 Å². The van der Waals surface area contributed by atoms with Gasteiger partial charge in [0.2, 0.25) is 0 Å². The fourth-order valence-electron chi connectivity index (χ4n) is 1.36. The minimum absolute atomic E-state index is 0.279. The van der Waals surface area contributed by atoms with Crippen molar-refractivity contribution in [3.63, 3.8) is 0 Å². The number of hydrogen-bond acceptors (Lipinski definition) is 5. The summed E-state index contributed by atoms with van der Waals surface area (Å²) in [6.07, 6.45) is -0.279. The van der Waals surface area contributed by atoms with Gasteiger partial charge in [0.15, 0.2) is 6.29 Å². The predicted octanol–water partition coefficient (Wildman–Crippen LogP) is 1.71. The van der Waals surface area contributed by atoms with Crippen LogP contribution in [0.5, 0.6) is 0 Å². The maximum Gasteiger partial charge on any atom is 0.384 e. The molecule has 1 fully saturated rings. The first-order valence-corrected chi connectivity index (χ1v) is 6.18. The average Bonchev–Trinajstić information content (AvgIpc) is 2.97. The van der Waals surface area contributed by atoms with Gasteiger partial charge < -0.3 is 14.2 Å². The first kappa shape index (κ1) is 12.1. The van der Waals surface area contributed by atoms with Crippen LogP contribution in [-0.4, -0.2) is 25.8 Å². The molecule has 0 aliphatic carbocycles. The van der Waals surface area contributed by atoms with Crippen LogP contribution in [0, 0.1) is 11.8 Å². The number of thiophene rings is 1.